The third-order valence-electron chi connectivity index (χ3n) is 3.47. The molecule has 1 heterocycles. The maximum Gasteiger partial charge on any atom is 0.123 e. The topological polar surface area (TPSA) is 38.5 Å². The SMILES string of the molecule is CC1CN(CC(N)c2ccc(F)cc2)C(C)CO1. The zero-order valence-electron chi connectivity index (χ0n) is 11.0. The van der Waals surface area contributed by atoms with Gasteiger partial charge in [-0.05, 0) is 31.5 Å². The highest BCUT2D eigenvalue weighted by Crippen LogP contribution is 2.17. The van der Waals surface area contributed by atoms with Gasteiger partial charge in [-0.3, -0.25) is 4.90 Å². The monoisotopic (exact) mass is 252 g/mol. The van der Waals surface area contributed by atoms with Crippen LogP contribution in [-0.2, 0) is 4.74 Å². The highest BCUT2D eigenvalue weighted by atomic mass is 19.1. The summed E-state index contributed by atoms with van der Waals surface area (Å²) in [5.74, 6) is -0.223. The van der Waals surface area contributed by atoms with Gasteiger partial charge in [0.1, 0.15) is 5.82 Å². The van der Waals surface area contributed by atoms with Crippen LogP contribution < -0.4 is 5.73 Å². The van der Waals surface area contributed by atoms with Crippen molar-refractivity contribution in [1.29, 1.82) is 0 Å². The number of benzene rings is 1. The van der Waals surface area contributed by atoms with Gasteiger partial charge >= 0.3 is 0 Å². The summed E-state index contributed by atoms with van der Waals surface area (Å²) in [6.07, 6.45) is 0.251. The zero-order valence-corrected chi connectivity index (χ0v) is 11.0. The normalized spacial score (nSPS) is 27.1. The number of hydrogen-bond donors (Lipinski definition) is 1. The molecule has 1 aliphatic heterocycles. The van der Waals surface area contributed by atoms with Gasteiger partial charge in [-0.1, -0.05) is 12.1 Å². The molecular weight excluding hydrogens is 231 g/mol. The number of nitrogens with zero attached hydrogens (tertiary/aromatic N) is 1. The largest absolute Gasteiger partial charge is 0.376 e. The van der Waals surface area contributed by atoms with Crippen LogP contribution in [0.2, 0.25) is 0 Å². The van der Waals surface area contributed by atoms with Crippen molar-refractivity contribution in [3.63, 3.8) is 0 Å². The van der Waals surface area contributed by atoms with Crippen molar-refractivity contribution >= 4 is 0 Å². The molecule has 100 valence electrons. The molecule has 1 aromatic rings. The van der Waals surface area contributed by atoms with Gasteiger partial charge in [-0.15, -0.1) is 0 Å². The van der Waals surface area contributed by atoms with Crippen LogP contribution in [0.3, 0.4) is 0 Å². The summed E-state index contributed by atoms with van der Waals surface area (Å²) in [5, 5.41) is 0. The fourth-order valence-corrected chi connectivity index (χ4v) is 2.29. The number of halogens is 1. The first-order chi connectivity index (χ1) is 8.56. The molecule has 3 atom stereocenters. The highest BCUT2D eigenvalue weighted by Gasteiger charge is 2.25. The van der Waals surface area contributed by atoms with Crippen LogP contribution in [0.25, 0.3) is 0 Å². The minimum Gasteiger partial charge on any atom is -0.376 e. The standard InChI is InChI=1S/C14H21FN2O/c1-10-9-18-11(2)7-17(10)8-14(16)12-3-5-13(15)6-4-12/h3-6,10-11,14H,7-9,16H2,1-2H3. The second kappa shape index (κ2) is 5.78. The second-order valence-electron chi connectivity index (χ2n) is 5.10. The van der Waals surface area contributed by atoms with Gasteiger partial charge in [-0.25, -0.2) is 4.39 Å². The molecule has 0 saturated carbocycles. The lowest BCUT2D eigenvalue weighted by Gasteiger charge is -2.38. The molecule has 4 heteroatoms. The van der Waals surface area contributed by atoms with Crippen LogP contribution in [0, 0.1) is 5.82 Å². The quantitative estimate of drug-likeness (QED) is 0.893. The molecule has 0 spiro atoms. The minimum atomic E-state index is -0.223. The van der Waals surface area contributed by atoms with Crippen LogP contribution >= 0.6 is 0 Å². The Hall–Kier alpha value is -0.970. The van der Waals surface area contributed by atoms with Crippen molar-refractivity contribution in [2.45, 2.75) is 32.0 Å². The van der Waals surface area contributed by atoms with E-state index in [1.165, 1.54) is 12.1 Å². The van der Waals surface area contributed by atoms with Gasteiger partial charge in [0.05, 0.1) is 12.7 Å². The maximum atomic E-state index is 12.9. The first-order valence-electron chi connectivity index (χ1n) is 6.43. The molecule has 0 aromatic heterocycles. The molecule has 3 nitrogen and oxygen atoms in total. The lowest BCUT2D eigenvalue weighted by Crippen LogP contribution is -2.49. The summed E-state index contributed by atoms with van der Waals surface area (Å²) in [6.45, 7) is 6.64. The molecule has 1 saturated heterocycles. The summed E-state index contributed by atoms with van der Waals surface area (Å²) < 4.78 is 18.4. The Kier molecular flexibility index (Phi) is 4.32. The first-order valence-corrected chi connectivity index (χ1v) is 6.43. The van der Waals surface area contributed by atoms with Crippen molar-refractivity contribution < 1.29 is 9.13 Å². The van der Waals surface area contributed by atoms with Crippen LogP contribution in [0.5, 0.6) is 0 Å². The van der Waals surface area contributed by atoms with Gasteiger partial charge in [-0.2, -0.15) is 0 Å². The Morgan fingerprint density at radius 2 is 2.06 bits per heavy atom. The molecule has 3 unspecified atom stereocenters. The highest BCUT2D eigenvalue weighted by molar-refractivity contribution is 5.19. The fourth-order valence-electron chi connectivity index (χ4n) is 2.29. The molecule has 0 amide bonds. The van der Waals surface area contributed by atoms with Gasteiger partial charge in [0.25, 0.3) is 0 Å². The number of hydrogen-bond acceptors (Lipinski definition) is 3. The molecule has 1 aliphatic rings. The van der Waals surface area contributed by atoms with Crippen LogP contribution in [0.15, 0.2) is 24.3 Å². The Morgan fingerprint density at radius 1 is 1.39 bits per heavy atom. The summed E-state index contributed by atoms with van der Waals surface area (Å²) in [4.78, 5) is 2.34. The van der Waals surface area contributed by atoms with E-state index in [2.05, 4.69) is 18.7 Å². The molecule has 1 fully saturated rings. The lowest BCUT2D eigenvalue weighted by atomic mass is 10.1. The van der Waals surface area contributed by atoms with E-state index < -0.39 is 0 Å². The molecule has 2 N–H and O–H groups in total. The summed E-state index contributed by atoms with van der Waals surface area (Å²) in [6, 6.07) is 6.73. The van der Waals surface area contributed by atoms with E-state index in [-0.39, 0.29) is 18.0 Å². The van der Waals surface area contributed by atoms with Crippen LogP contribution in [-0.4, -0.2) is 36.7 Å². The van der Waals surface area contributed by atoms with Crippen molar-refractivity contribution in [2.75, 3.05) is 19.7 Å². The number of nitrogens with two attached hydrogens (primary N) is 1. The van der Waals surface area contributed by atoms with Gasteiger partial charge in [0.15, 0.2) is 0 Å². The molecule has 2 rings (SSSR count). The molecule has 1 aromatic carbocycles. The third-order valence-corrected chi connectivity index (χ3v) is 3.47. The Bertz CT molecular complexity index is 382. The van der Waals surface area contributed by atoms with E-state index >= 15 is 0 Å². The molecule has 18 heavy (non-hydrogen) atoms. The third kappa shape index (κ3) is 3.28. The summed E-state index contributed by atoms with van der Waals surface area (Å²) in [7, 11) is 0. The summed E-state index contributed by atoms with van der Waals surface area (Å²) in [5.41, 5.74) is 7.15. The van der Waals surface area contributed by atoms with Crippen LogP contribution in [0.4, 0.5) is 4.39 Å². The second-order valence-corrected chi connectivity index (χ2v) is 5.10. The predicted octanol–water partition coefficient (Wildman–Crippen LogP) is 1.93. The maximum absolute atomic E-state index is 12.9. The predicted molar refractivity (Wildman–Crippen MR) is 69.8 cm³/mol. The lowest BCUT2D eigenvalue weighted by molar-refractivity contribution is -0.0510. The fraction of sp³-hybridized carbons (Fsp3) is 0.571. The molecule has 0 radical (unpaired) electrons. The van der Waals surface area contributed by atoms with E-state index in [9.17, 15) is 4.39 Å². The number of rotatable bonds is 3. The van der Waals surface area contributed by atoms with Gasteiger partial charge < -0.3 is 10.5 Å². The molecule has 0 bridgehead atoms. The van der Waals surface area contributed by atoms with Crippen molar-refractivity contribution in [3.05, 3.63) is 35.6 Å². The Labute approximate surface area is 108 Å². The van der Waals surface area contributed by atoms with Gasteiger partial charge in [0, 0.05) is 25.2 Å². The van der Waals surface area contributed by atoms with E-state index in [0.717, 1.165) is 25.3 Å². The number of morpholine rings is 1. The first kappa shape index (κ1) is 13.5. The Balaban J connectivity index is 1.97. The van der Waals surface area contributed by atoms with Crippen molar-refractivity contribution in [2.24, 2.45) is 5.73 Å². The van der Waals surface area contributed by atoms with E-state index in [0.29, 0.717) is 6.04 Å². The smallest absolute Gasteiger partial charge is 0.123 e. The Morgan fingerprint density at radius 3 is 2.72 bits per heavy atom. The zero-order chi connectivity index (χ0) is 13.1. The van der Waals surface area contributed by atoms with E-state index in [1.54, 1.807) is 12.1 Å². The van der Waals surface area contributed by atoms with E-state index in [1.807, 2.05) is 0 Å². The van der Waals surface area contributed by atoms with Crippen LogP contribution in [0.1, 0.15) is 25.5 Å². The van der Waals surface area contributed by atoms with Crippen molar-refractivity contribution in [1.82, 2.24) is 4.90 Å². The average molecular weight is 252 g/mol. The van der Waals surface area contributed by atoms with E-state index in [4.69, 9.17) is 10.5 Å². The van der Waals surface area contributed by atoms with Gasteiger partial charge in [0.2, 0.25) is 0 Å². The minimum absolute atomic E-state index is 0.0849. The summed E-state index contributed by atoms with van der Waals surface area (Å²) >= 11 is 0. The molecule has 0 aliphatic carbocycles. The van der Waals surface area contributed by atoms with Crippen molar-refractivity contribution in [3.8, 4) is 0 Å². The molecular formula is C14H21FN2O. The number of ether oxygens (including phenoxy) is 1. The average Bonchev–Trinajstić information content (AvgIpc) is 2.34.